The van der Waals surface area contributed by atoms with Gasteiger partial charge in [-0.25, -0.2) is 4.68 Å². The first-order valence-corrected chi connectivity index (χ1v) is 9.90. The molecular weight excluding hydrogens is 420 g/mol. The molecule has 0 unspecified atom stereocenters. The van der Waals surface area contributed by atoms with Gasteiger partial charge < -0.3 is 10.1 Å². The third-order valence-electron chi connectivity index (χ3n) is 4.78. The molecule has 0 fully saturated rings. The Kier molecular flexibility index (Phi) is 5.48. The van der Waals surface area contributed by atoms with Crippen LogP contribution in [0.5, 0.6) is 5.75 Å². The average Bonchev–Trinajstić information content (AvgIpc) is 3.09. The second-order valence-corrected chi connectivity index (χ2v) is 7.59. The SMILES string of the molecule is Cc1cc(C)n(C(=O)c2ccc3c(c2)N(CC(=O)Nc2ccc(Cl)cc2)C(=O)CO3)n1. The highest BCUT2D eigenvalue weighted by Gasteiger charge is 2.29. The van der Waals surface area contributed by atoms with Gasteiger partial charge in [-0.3, -0.25) is 19.3 Å². The molecule has 9 heteroatoms. The first kappa shape index (κ1) is 20.6. The van der Waals surface area contributed by atoms with Crippen LogP contribution in [-0.4, -0.2) is 40.7 Å². The number of carbonyl (C=O) groups excluding carboxylic acids is 3. The quantitative estimate of drug-likeness (QED) is 0.675. The Bertz CT molecular complexity index is 1190. The molecule has 2 heterocycles. The molecule has 2 aromatic carbocycles. The molecule has 1 aliphatic heterocycles. The Morgan fingerprint density at radius 2 is 1.87 bits per heavy atom. The van der Waals surface area contributed by atoms with E-state index in [4.69, 9.17) is 16.3 Å². The largest absolute Gasteiger partial charge is 0.482 e. The van der Waals surface area contributed by atoms with Crippen LogP contribution in [0.25, 0.3) is 0 Å². The van der Waals surface area contributed by atoms with E-state index in [2.05, 4.69) is 10.4 Å². The maximum atomic E-state index is 12.9. The van der Waals surface area contributed by atoms with Crippen LogP contribution >= 0.6 is 11.6 Å². The van der Waals surface area contributed by atoms with Gasteiger partial charge in [0.05, 0.1) is 11.4 Å². The van der Waals surface area contributed by atoms with Crippen molar-refractivity contribution in [1.82, 2.24) is 9.78 Å². The summed E-state index contributed by atoms with van der Waals surface area (Å²) in [5.41, 5.74) is 2.67. The summed E-state index contributed by atoms with van der Waals surface area (Å²) in [4.78, 5) is 39.3. The van der Waals surface area contributed by atoms with Crippen LogP contribution in [0.4, 0.5) is 11.4 Å². The van der Waals surface area contributed by atoms with Gasteiger partial charge in [-0.05, 0) is 62.4 Å². The number of hydrogen-bond donors (Lipinski definition) is 1. The third-order valence-corrected chi connectivity index (χ3v) is 5.03. The first-order chi connectivity index (χ1) is 14.8. The number of carbonyl (C=O) groups is 3. The minimum Gasteiger partial charge on any atom is -0.482 e. The molecule has 3 aromatic rings. The second kappa shape index (κ2) is 8.23. The van der Waals surface area contributed by atoms with Gasteiger partial charge in [0.2, 0.25) is 5.91 Å². The van der Waals surface area contributed by atoms with Crippen LogP contribution in [0.2, 0.25) is 5.02 Å². The lowest BCUT2D eigenvalue weighted by atomic mass is 10.1. The molecule has 31 heavy (non-hydrogen) atoms. The van der Waals surface area contributed by atoms with E-state index in [9.17, 15) is 14.4 Å². The number of benzene rings is 2. The van der Waals surface area contributed by atoms with Crippen molar-refractivity contribution >= 4 is 40.7 Å². The van der Waals surface area contributed by atoms with Gasteiger partial charge in [0.15, 0.2) is 6.61 Å². The van der Waals surface area contributed by atoms with Gasteiger partial charge in [-0.15, -0.1) is 0 Å². The lowest BCUT2D eigenvalue weighted by Crippen LogP contribution is -2.43. The lowest BCUT2D eigenvalue weighted by molar-refractivity contribution is -0.123. The number of nitrogens with one attached hydrogen (secondary N) is 1. The van der Waals surface area contributed by atoms with Crippen molar-refractivity contribution < 1.29 is 19.1 Å². The number of ether oxygens (including phenoxy) is 1. The minimum absolute atomic E-state index is 0.189. The Labute approximate surface area is 183 Å². The number of hydrogen-bond acceptors (Lipinski definition) is 5. The van der Waals surface area contributed by atoms with Crippen molar-refractivity contribution in [2.75, 3.05) is 23.4 Å². The lowest BCUT2D eigenvalue weighted by Gasteiger charge is -2.29. The zero-order valence-corrected chi connectivity index (χ0v) is 17.6. The Hall–Kier alpha value is -3.65. The molecule has 0 saturated carbocycles. The predicted octanol–water partition coefficient (Wildman–Crippen LogP) is 3.21. The fraction of sp³-hybridized carbons (Fsp3) is 0.182. The van der Waals surface area contributed by atoms with Crippen LogP contribution in [0.1, 0.15) is 21.7 Å². The number of aryl methyl sites for hydroxylation is 2. The summed E-state index contributed by atoms with van der Waals surface area (Å²) in [6, 6.07) is 13.2. The molecule has 0 spiro atoms. The molecule has 0 aliphatic carbocycles. The second-order valence-electron chi connectivity index (χ2n) is 7.15. The van der Waals surface area contributed by atoms with Crippen LogP contribution in [0, 0.1) is 13.8 Å². The summed E-state index contributed by atoms with van der Waals surface area (Å²) in [6.45, 7) is 3.18. The highest BCUT2D eigenvalue weighted by atomic mass is 35.5. The average molecular weight is 439 g/mol. The van der Waals surface area contributed by atoms with E-state index in [-0.39, 0.29) is 25.0 Å². The molecule has 8 nitrogen and oxygen atoms in total. The summed E-state index contributed by atoms with van der Waals surface area (Å²) in [5.74, 6) is -0.686. The van der Waals surface area contributed by atoms with E-state index in [1.807, 2.05) is 0 Å². The maximum Gasteiger partial charge on any atom is 0.278 e. The van der Waals surface area contributed by atoms with Gasteiger partial charge in [-0.1, -0.05) is 11.6 Å². The highest BCUT2D eigenvalue weighted by molar-refractivity contribution is 6.30. The van der Waals surface area contributed by atoms with Crippen LogP contribution in [0.15, 0.2) is 48.5 Å². The fourth-order valence-corrected chi connectivity index (χ4v) is 3.47. The molecule has 2 amide bonds. The fourth-order valence-electron chi connectivity index (χ4n) is 3.34. The Morgan fingerprint density at radius 1 is 1.13 bits per heavy atom. The molecular formula is C22H19ClN4O4. The van der Waals surface area contributed by atoms with Crippen LogP contribution < -0.4 is 15.0 Å². The molecule has 0 radical (unpaired) electrons. The van der Waals surface area contributed by atoms with Crippen LogP contribution in [0.3, 0.4) is 0 Å². The standard InChI is InChI=1S/C22H19ClN4O4/c1-13-9-14(2)27(25-13)22(30)15-3-8-19-18(10-15)26(21(29)12-31-19)11-20(28)24-17-6-4-16(23)5-7-17/h3-10H,11-12H2,1-2H3,(H,24,28). The topological polar surface area (TPSA) is 93.5 Å². The first-order valence-electron chi connectivity index (χ1n) is 9.52. The highest BCUT2D eigenvalue weighted by Crippen LogP contribution is 2.33. The smallest absolute Gasteiger partial charge is 0.278 e. The van der Waals surface area contributed by atoms with Crippen molar-refractivity contribution in [1.29, 1.82) is 0 Å². The summed E-state index contributed by atoms with van der Waals surface area (Å²) < 4.78 is 6.78. The van der Waals surface area contributed by atoms with Crippen molar-refractivity contribution in [3.8, 4) is 5.75 Å². The van der Waals surface area contributed by atoms with Gasteiger partial charge >= 0.3 is 0 Å². The number of amides is 2. The number of rotatable bonds is 4. The van der Waals surface area contributed by atoms with Crippen molar-refractivity contribution in [2.45, 2.75) is 13.8 Å². The number of halogens is 1. The van der Waals surface area contributed by atoms with Gasteiger partial charge in [0.25, 0.3) is 11.8 Å². The molecule has 1 aromatic heterocycles. The summed E-state index contributed by atoms with van der Waals surface area (Å²) in [6.07, 6.45) is 0. The maximum absolute atomic E-state index is 12.9. The minimum atomic E-state index is -0.390. The van der Waals surface area contributed by atoms with E-state index in [0.29, 0.717) is 33.4 Å². The molecule has 1 aliphatic rings. The monoisotopic (exact) mass is 438 g/mol. The summed E-state index contributed by atoms with van der Waals surface area (Å²) >= 11 is 5.86. The van der Waals surface area contributed by atoms with Gasteiger partial charge in [-0.2, -0.15) is 5.10 Å². The molecule has 1 N–H and O–H groups in total. The molecule has 0 atom stereocenters. The summed E-state index contributed by atoms with van der Waals surface area (Å²) in [7, 11) is 0. The van der Waals surface area contributed by atoms with Crippen molar-refractivity contribution in [3.05, 3.63) is 70.5 Å². The molecule has 158 valence electrons. The van der Waals surface area contributed by atoms with Crippen molar-refractivity contribution in [2.24, 2.45) is 0 Å². The zero-order chi connectivity index (χ0) is 22.1. The normalized spacial score (nSPS) is 12.9. The van der Waals surface area contributed by atoms with E-state index in [0.717, 1.165) is 5.69 Å². The Balaban J connectivity index is 1.59. The Morgan fingerprint density at radius 3 is 2.55 bits per heavy atom. The number of anilines is 2. The number of aromatic nitrogens is 2. The van der Waals surface area contributed by atoms with E-state index in [1.54, 1.807) is 62.4 Å². The van der Waals surface area contributed by atoms with Crippen LogP contribution in [-0.2, 0) is 9.59 Å². The van der Waals surface area contributed by atoms with E-state index < -0.39 is 5.91 Å². The van der Waals surface area contributed by atoms with E-state index in [1.165, 1.54) is 9.58 Å². The predicted molar refractivity (Wildman–Crippen MR) is 116 cm³/mol. The molecule has 4 rings (SSSR count). The third kappa shape index (κ3) is 4.29. The zero-order valence-electron chi connectivity index (χ0n) is 16.9. The molecule has 0 bridgehead atoms. The van der Waals surface area contributed by atoms with Gasteiger partial charge in [0.1, 0.15) is 12.3 Å². The van der Waals surface area contributed by atoms with E-state index >= 15 is 0 Å². The molecule has 0 saturated heterocycles. The number of nitrogens with zero attached hydrogens (tertiary/aromatic N) is 3. The number of fused-ring (bicyclic) bond motifs is 1. The van der Waals surface area contributed by atoms with Gasteiger partial charge in [0, 0.05) is 22.0 Å². The van der Waals surface area contributed by atoms with Crippen molar-refractivity contribution in [3.63, 3.8) is 0 Å². The summed E-state index contributed by atoms with van der Waals surface area (Å²) in [5, 5.41) is 7.49.